The van der Waals surface area contributed by atoms with Crippen LogP contribution >= 0.6 is 0 Å². The van der Waals surface area contributed by atoms with E-state index in [4.69, 9.17) is 5.26 Å². The Balaban J connectivity index is 1.92. The van der Waals surface area contributed by atoms with Gasteiger partial charge >= 0.3 is 0 Å². The molecule has 1 atom stereocenters. The van der Waals surface area contributed by atoms with Gasteiger partial charge in [0.15, 0.2) is 0 Å². The smallest absolute Gasteiger partial charge is 0.0991 e. The van der Waals surface area contributed by atoms with Gasteiger partial charge in [-0.1, -0.05) is 30.3 Å². The van der Waals surface area contributed by atoms with E-state index in [2.05, 4.69) is 60.1 Å². The van der Waals surface area contributed by atoms with Crippen LogP contribution in [0.2, 0.25) is 0 Å². The number of hydrogen-bond acceptors (Lipinski definition) is 2. The van der Waals surface area contributed by atoms with E-state index in [0.29, 0.717) is 11.6 Å². The molecule has 4 rings (SSSR count). The van der Waals surface area contributed by atoms with E-state index in [9.17, 15) is 0 Å². The highest BCUT2D eigenvalue weighted by Gasteiger charge is 2.23. The molecule has 0 saturated heterocycles. The van der Waals surface area contributed by atoms with Gasteiger partial charge in [0.05, 0.1) is 17.1 Å². The molecule has 1 aromatic heterocycles. The standard InChI is InChI=1S/C20H19N3/c1-22(2)17-10-16-7-4-8-18-19(13-23(12-17)20(16)18)15-6-3-5-14(9-15)11-21/h3-9,13,17H,10,12H2,1-2H3/t17-/m1/s1. The van der Waals surface area contributed by atoms with Gasteiger partial charge in [0.25, 0.3) is 0 Å². The van der Waals surface area contributed by atoms with Crippen LogP contribution in [0.15, 0.2) is 48.7 Å². The van der Waals surface area contributed by atoms with Crippen molar-refractivity contribution in [2.75, 3.05) is 14.1 Å². The van der Waals surface area contributed by atoms with Gasteiger partial charge in [-0.05, 0) is 43.8 Å². The largest absolute Gasteiger partial charge is 0.345 e. The first-order valence-electron chi connectivity index (χ1n) is 7.95. The van der Waals surface area contributed by atoms with Crippen molar-refractivity contribution in [3.63, 3.8) is 0 Å². The monoisotopic (exact) mass is 301 g/mol. The number of rotatable bonds is 2. The molecule has 0 spiro atoms. The summed E-state index contributed by atoms with van der Waals surface area (Å²) in [6.45, 7) is 1.01. The number of hydrogen-bond donors (Lipinski definition) is 0. The zero-order chi connectivity index (χ0) is 16.0. The molecule has 1 aliphatic heterocycles. The van der Waals surface area contributed by atoms with Crippen molar-refractivity contribution in [1.82, 2.24) is 9.47 Å². The Kier molecular flexibility index (Phi) is 3.21. The van der Waals surface area contributed by atoms with Gasteiger partial charge in [-0.3, -0.25) is 0 Å². The zero-order valence-corrected chi connectivity index (χ0v) is 13.5. The molecule has 0 fully saturated rings. The molecule has 114 valence electrons. The molecule has 3 heteroatoms. The maximum Gasteiger partial charge on any atom is 0.0991 e. The highest BCUT2D eigenvalue weighted by molar-refractivity contribution is 5.98. The van der Waals surface area contributed by atoms with Crippen LogP contribution in [0, 0.1) is 11.3 Å². The number of nitriles is 1. The first-order chi connectivity index (χ1) is 11.2. The SMILES string of the molecule is CN(C)[C@@H]1Cc2cccc3c(-c4cccc(C#N)c4)cn(c23)C1. The topological polar surface area (TPSA) is 32.0 Å². The van der Waals surface area contributed by atoms with E-state index >= 15 is 0 Å². The van der Waals surface area contributed by atoms with E-state index in [1.807, 2.05) is 18.2 Å². The highest BCUT2D eigenvalue weighted by Crippen LogP contribution is 2.36. The summed E-state index contributed by atoms with van der Waals surface area (Å²) in [5.74, 6) is 0. The van der Waals surface area contributed by atoms with Crippen LogP contribution in [0.3, 0.4) is 0 Å². The van der Waals surface area contributed by atoms with Crippen LogP contribution in [0.25, 0.3) is 22.0 Å². The summed E-state index contributed by atoms with van der Waals surface area (Å²) < 4.78 is 2.38. The van der Waals surface area contributed by atoms with Gasteiger partial charge in [-0.15, -0.1) is 0 Å². The van der Waals surface area contributed by atoms with Crippen molar-refractivity contribution in [1.29, 1.82) is 5.26 Å². The van der Waals surface area contributed by atoms with E-state index in [1.54, 1.807) is 0 Å². The fourth-order valence-corrected chi connectivity index (χ4v) is 3.62. The Labute approximate surface area is 136 Å². The fraction of sp³-hybridized carbons (Fsp3) is 0.250. The summed E-state index contributed by atoms with van der Waals surface area (Å²) in [7, 11) is 4.30. The average molecular weight is 301 g/mol. The molecule has 2 heterocycles. The first kappa shape index (κ1) is 14.0. The van der Waals surface area contributed by atoms with Crippen molar-refractivity contribution >= 4 is 10.9 Å². The molecule has 0 bridgehead atoms. The second-order valence-electron chi connectivity index (χ2n) is 6.52. The molecule has 0 saturated carbocycles. The Bertz CT molecular complexity index is 928. The minimum atomic E-state index is 0.527. The van der Waals surface area contributed by atoms with Gasteiger partial charge in [-0.25, -0.2) is 0 Å². The summed E-state index contributed by atoms with van der Waals surface area (Å²) in [4.78, 5) is 2.30. The lowest BCUT2D eigenvalue weighted by molar-refractivity contribution is 0.258. The summed E-state index contributed by atoms with van der Waals surface area (Å²) in [6, 6.07) is 17.2. The minimum Gasteiger partial charge on any atom is -0.345 e. The van der Waals surface area contributed by atoms with Crippen LogP contribution in [0.4, 0.5) is 0 Å². The van der Waals surface area contributed by atoms with Crippen molar-refractivity contribution in [3.8, 4) is 17.2 Å². The first-order valence-corrected chi connectivity index (χ1v) is 7.95. The third-order valence-electron chi connectivity index (χ3n) is 4.88. The van der Waals surface area contributed by atoms with Gasteiger partial charge in [-0.2, -0.15) is 5.26 Å². The number of likely N-dealkylation sites (N-methyl/N-ethyl adjacent to an activating group) is 1. The van der Waals surface area contributed by atoms with Crippen LogP contribution in [-0.2, 0) is 13.0 Å². The van der Waals surface area contributed by atoms with Gasteiger partial charge in [0.1, 0.15) is 0 Å². The van der Waals surface area contributed by atoms with E-state index < -0.39 is 0 Å². The second kappa shape index (κ2) is 5.26. The van der Waals surface area contributed by atoms with Gasteiger partial charge in [0.2, 0.25) is 0 Å². The molecule has 3 aromatic rings. The molecule has 0 radical (unpaired) electrons. The lowest BCUT2D eigenvalue weighted by atomic mass is 9.97. The highest BCUT2D eigenvalue weighted by atomic mass is 15.1. The summed E-state index contributed by atoms with van der Waals surface area (Å²) in [5, 5.41) is 10.4. The maximum atomic E-state index is 9.16. The third-order valence-corrected chi connectivity index (χ3v) is 4.88. The van der Waals surface area contributed by atoms with Crippen molar-refractivity contribution in [2.45, 2.75) is 19.0 Å². The number of aromatic nitrogens is 1. The predicted octanol–water partition coefficient (Wildman–Crippen LogP) is 3.67. The van der Waals surface area contributed by atoms with Crippen molar-refractivity contribution in [3.05, 3.63) is 59.8 Å². The summed E-state index contributed by atoms with van der Waals surface area (Å²) in [5.41, 5.74) is 5.81. The predicted molar refractivity (Wildman–Crippen MR) is 93.3 cm³/mol. The van der Waals surface area contributed by atoms with Gasteiger partial charge in [0, 0.05) is 29.7 Å². The Morgan fingerprint density at radius 1 is 1.17 bits per heavy atom. The lowest BCUT2D eigenvalue weighted by Gasteiger charge is -2.29. The molecule has 0 aliphatic carbocycles. The van der Waals surface area contributed by atoms with Crippen LogP contribution in [0.5, 0.6) is 0 Å². The summed E-state index contributed by atoms with van der Waals surface area (Å²) >= 11 is 0. The Morgan fingerprint density at radius 2 is 2.00 bits per heavy atom. The lowest BCUT2D eigenvalue weighted by Crippen LogP contribution is -2.36. The Hall–Kier alpha value is -2.57. The van der Waals surface area contributed by atoms with E-state index in [-0.39, 0.29) is 0 Å². The van der Waals surface area contributed by atoms with Gasteiger partial charge < -0.3 is 9.47 Å². The quantitative estimate of drug-likeness (QED) is 0.723. The summed E-state index contributed by atoms with van der Waals surface area (Å²) in [6.07, 6.45) is 3.34. The van der Waals surface area contributed by atoms with Crippen LogP contribution < -0.4 is 0 Å². The number of para-hydroxylation sites is 1. The van der Waals surface area contributed by atoms with Crippen LogP contribution in [-0.4, -0.2) is 29.6 Å². The van der Waals surface area contributed by atoms with E-state index in [1.165, 1.54) is 22.0 Å². The minimum absolute atomic E-state index is 0.527. The fourth-order valence-electron chi connectivity index (χ4n) is 3.62. The second-order valence-corrected chi connectivity index (χ2v) is 6.52. The van der Waals surface area contributed by atoms with E-state index in [0.717, 1.165) is 18.5 Å². The molecule has 0 amide bonds. The molecule has 0 unspecified atom stereocenters. The number of benzene rings is 2. The molecule has 1 aliphatic rings. The third kappa shape index (κ3) is 2.23. The molecule has 0 N–H and O–H groups in total. The van der Waals surface area contributed by atoms with Crippen LogP contribution in [0.1, 0.15) is 11.1 Å². The molecular weight excluding hydrogens is 282 g/mol. The molecule has 2 aromatic carbocycles. The van der Waals surface area contributed by atoms with Crippen molar-refractivity contribution in [2.24, 2.45) is 0 Å². The molecule has 3 nitrogen and oxygen atoms in total. The Morgan fingerprint density at radius 3 is 2.78 bits per heavy atom. The normalized spacial score (nSPS) is 16.7. The van der Waals surface area contributed by atoms with Crippen molar-refractivity contribution < 1.29 is 0 Å². The average Bonchev–Trinajstić information content (AvgIpc) is 2.95. The zero-order valence-electron chi connectivity index (χ0n) is 13.5. The number of nitrogens with zero attached hydrogens (tertiary/aromatic N) is 3. The maximum absolute atomic E-state index is 9.16. The molecular formula is C20H19N3. The molecule has 23 heavy (non-hydrogen) atoms.